The Bertz CT molecular complexity index is 579. The molecule has 120 valence electrons. The van der Waals surface area contributed by atoms with Crippen LogP contribution in [-0.2, 0) is 14.3 Å². The van der Waals surface area contributed by atoms with Crippen molar-refractivity contribution < 1.29 is 24.0 Å². The predicted octanol–water partition coefficient (Wildman–Crippen LogP) is 2.73. The number of benzene rings is 1. The Hall–Kier alpha value is -2.44. The van der Waals surface area contributed by atoms with E-state index in [1.165, 1.54) is 32.0 Å². The highest BCUT2D eigenvalue weighted by molar-refractivity contribution is 5.99. The Kier molecular flexibility index (Phi) is 5.62. The Labute approximate surface area is 128 Å². The molecule has 7 heteroatoms. The second-order valence-corrected chi connectivity index (χ2v) is 5.76. The molecule has 0 saturated carbocycles. The number of nitro groups is 1. The highest BCUT2D eigenvalue weighted by Crippen LogP contribution is 2.24. The van der Waals surface area contributed by atoms with E-state index in [4.69, 9.17) is 9.47 Å². The van der Waals surface area contributed by atoms with Crippen LogP contribution in [0.1, 0.15) is 27.7 Å². The van der Waals surface area contributed by atoms with E-state index in [9.17, 15) is 19.7 Å². The van der Waals surface area contributed by atoms with E-state index in [1.807, 2.05) is 13.8 Å². The van der Waals surface area contributed by atoms with E-state index in [-0.39, 0.29) is 24.0 Å². The van der Waals surface area contributed by atoms with Crippen molar-refractivity contribution in [3.63, 3.8) is 0 Å². The lowest BCUT2D eigenvalue weighted by molar-refractivity contribution is -0.384. The highest BCUT2D eigenvalue weighted by atomic mass is 16.6. The van der Waals surface area contributed by atoms with Gasteiger partial charge < -0.3 is 9.47 Å². The molecule has 0 fully saturated rings. The van der Waals surface area contributed by atoms with Crippen LogP contribution in [0.15, 0.2) is 24.3 Å². The summed E-state index contributed by atoms with van der Waals surface area (Å²) in [5.74, 6) is -1.38. The number of ether oxygens (including phenoxy) is 2. The Morgan fingerprint density at radius 2 is 1.91 bits per heavy atom. The molecule has 1 rings (SSSR count). The number of rotatable bonds is 6. The summed E-state index contributed by atoms with van der Waals surface area (Å²) in [4.78, 5) is 34.1. The van der Waals surface area contributed by atoms with Crippen molar-refractivity contribution in [2.24, 2.45) is 11.3 Å². The molecule has 0 amide bonds. The van der Waals surface area contributed by atoms with Crippen LogP contribution in [0.4, 0.5) is 5.69 Å². The zero-order valence-electron chi connectivity index (χ0n) is 13.0. The number of carbonyl (C=O) groups is 2. The quantitative estimate of drug-likeness (QED) is 0.263. The average molecular weight is 309 g/mol. The van der Waals surface area contributed by atoms with E-state index in [2.05, 4.69) is 0 Å². The smallest absolute Gasteiger partial charge is 0.328 e. The first-order valence-corrected chi connectivity index (χ1v) is 6.78. The lowest BCUT2D eigenvalue weighted by Crippen LogP contribution is -2.38. The molecule has 0 spiro atoms. The van der Waals surface area contributed by atoms with Crippen molar-refractivity contribution in [2.45, 2.75) is 27.7 Å². The molecule has 7 nitrogen and oxygen atoms in total. The van der Waals surface area contributed by atoms with E-state index >= 15 is 0 Å². The van der Waals surface area contributed by atoms with Crippen molar-refractivity contribution in [3.8, 4) is 5.75 Å². The van der Waals surface area contributed by atoms with Crippen LogP contribution in [0.5, 0.6) is 5.75 Å². The third-order valence-electron chi connectivity index (χ3n) is 2.81. The Morgan fingerprint density at radius 1 is 1.27 bits per heavy atom. The van der Waals surface area contributed by atoms with Gasteiger partial charge in [0, 0.05) is 6.07 Å². The molecular weight excluding hydrogens is 290 g/mol. The van der Waals surface area contributed by atoms with Gasteiger partial charge in [-0.1, -0.05) is 19.9 Å². The van der Waals surface area contributed by atoms with Gasteiger partial charge in [-0.05, 0) is 25.8 Å². The minimum absolute atomic E-state index is 0.00364. The number of hydrogen-bond donors (Lipinski definition) is 0. The first-order chi connectivity index (χ1) is 10.1. The molecule has 0 bridgehead atoms. The fourth-order valence-electron chi connectivity index (χ4n) is 1.40. The van der Waals surface area contributed by atoms with Gasteiger partial charge in [-0.25, -0.2) is 0 Å². The average Bonchev–Trinajstić information content (AvgIpc) is 2.44. The molecule has 0 aliphatic rings. The van der Waals surface area contributed by atoms with E-state index in [0.717, 1.165) is 6.07 Å². The van der Waals surface area contributed by atoms with Gasteiger partial charge in [-0.2, -0.15) is 0 Å². The normalized spacial score (nSPS) is 11.1. The molecule has 0 heterocycles. The second-order valence-electron chi connectivity index (χ2n) is 5.76. The van der Waals surface area contributed by atoms with E-state index in [0.29, 0.717) is 0 Å². The second kappa shape index (κ2) is 7.02. The van der Waals surface area contributed by atoms with Gasteiger partial charge in [0.2, 0.25) is 0 Å². The topological polar surface area (TPSA) is 95.7 Å². The van der Waals surface area contributed by atoms with Gasteiger partial charge in [0.05, 0.1) is 17.6 Å². The maximum atomic E-state index is 12.1. The lowest BCUT2D eigenvalue weighted by atomic mass is 9.94. The summed E-state index contributed by atoms with van der Waals surface area (Å²) >= 11 is 0. The number of carbonyl (C=O) groups excluding carboxylic acids is 2. The Balaban J connectivity index is 2.80. The van der Waals surface area contributed by atoms with Crippen molar-refractivity contribution in [1.29, 1.82) is 0 Å². The van der Waals surface area contributed by atoms with Gasteiger partial charge in [0.25, 0.3) is 5.69 Å². The minimum atomic E-state index is -1.50. The van der Waals surface area contributed by atoms with Crippen molar-refractivity contribution in [3.05, 3.63) is 34.4 Å². The van der Waals surface area contributed by atoms with Crippen LogP contribution in [0.2, 0.25) is 0 Å². The van der Waals surface area contributed by atoms with Crippen molar-refractivity contribution in [1.82, 2.24) is 0 Å². The molecule has 0 unspecified atom stereocenters. The number of hydrogen-bond acceptors (Lipinski definition) is 6. The maximum Gasteiger partial charge on any atom is 0.328 e. The van der Waals surface area contributed by atoms with Crippen LogP contribution in [-0.4, -0.2) is 23.5 Å². The molecule has 0 atom stereocenters. The van der Waals surface area contributed by atoms with Gasteiger partial charge in [-0.15, -0.1) is 0 Å². The maximum absolute atomic E-state index is 12.1. The summed E-state index contributed by atoms with van der Waals surface area (Å²) in [6.45, 7) is 6.72. The van der Waals surface area contributed by atoms with Crippen LogP contribution in [0, 0.1) is 21.4 Å². The molecule has 0 radical (unpaired) electrons. The molecule has 0 N–H and O–H groups in total. The van der Waals surface area contributed by atoms with Crippen LogP contribution < -0.4 is 4.74 Å². The molecule has 0 saturated heterocycles. The number of esters is 2. The largest absolute Gasteiger partial charge is 0.465 e. The lowest BCUT2D eigenvalue weighted by Gasteiger charge is -2.21. The standard InChI is InChI=1S/C15H19NO6/c1-10(2)9-21-13(17)15(3,4)14(18)22-12-7-5-6-11(8-12)16(19)20/h5-8,10H,9H2,1-4H3. The SMILES string of the molecule is CC(C)COC(=O)C(C)(C)C(=O)Oc1cccc([N+](=O)[O-])c1. The zero-order valence-corrected chi connectivity index (χ0v) is 13.0. The van der Waals surface area contributed by atoms with Crippen LogP contribution in [0.3, 0.4) is 0 Å². The highest BCUT2D eigenvalue weighted by Gasteiger charge is 2.40. The van der Waals surface area contributed by atoms with E-state index in [1.54, 1.807) is 0 Å². The van der Waals surface area contributed by atoms with Gasteiger partial charge in [0.15, 0.2) is 5.41 Å². The van der Waals surface area contributed by atoms with Crippen LogP contribution >= 0.6 is 0 Å². The summed E-state index contributed by atoms with van der Waals surface area (Å²) in [7, 11) is 0. The third-order valence-corrected chi connectivity index (χ3v) is 2.81. The predicted molar refractivity (Wildman–Crippen MR) is 78.3 cm³/mol. The summed E-state index contributed by atoms with van der Waals surface area (Å²) in [5.41, 5.74) is -1.70. The van der Waals surface area contributed by atoms with Gasteiger partial charge >= 0.3 is 11.9 Å². The summed E-state index contributed by atoms with van der Waals surface area (Å²) in [6, 6.07) is 5.19. The Morgan fingerprint density at radius 3 is 2.45 bits per heavy atom. The monoisotopic (exact) mass is 309 g/mol. The number of non-ortho nitro benzene ring substituents is 1. The molecule has 1 aromatic rings. The first kappa shape index (κ1) is 17.6. The van der Waals surface area contributed by atoms with Crippen molar-refractivity contribution >= 4 is 17.6 Å². The number of nitrogens with zero attached hydrogens (tertiary/aromatic N) is 1. The summed E-state index contributed by atoms with van der Waals surface area (Å²) < 4.78 is 10.1. The molecule has 1 aromatic carbocycles. The van der Waals surface area contributed by atoms with Crippen LogP contribution in [0.25, 0.3) is 0 Å². The third kappa shape index (κ3) is 4.54. The molecule has 0 aromatic heterocycles. The zero-order chi connectivity index (χ0) is 16.9. The minimum Gasteiger partial charge on any atom is -0.465 e. The fourth-order valence-corrected chi connectivity index (χ4v) is 1.40. The molecular formula is C15H19NO6. The molecule has 22 heavy (non-hydrogen) atoms. The van der Waals surface area contributed by atoms with Crippen molar-refractivity contribution in [2.75, 3.05) is 6.61 Å². The van der Waals surface area contributed by atoms with Gasteiger partial charge in [0.1, 0.15) is 5.75 Å². The summed E-state index contributed by atoms with van der Waals surface area (Å²) in [5, 5.41) is 10.7. The molecule has 0 aliphatic heterocycles. The summed E-state index contributed by atoms with van der Waals surface area (Å²) in [6.07, 6.45) is 0. The first-order valence-electron chi connectivity index (χ1n) is 6.78. The fraction of sp³-hybridized carbons (Fsp3) is 0.467. The van der Waals surface area contributed by atoms with Gasteiger partial charge in [-0.3, -0.25) is 19.7 Å². The molecule has 0 aliphatic carbocycles. The number of nitro benzene ring substituents is 1. The van der Waals surface area contributed by atoms with E-state index < -0.39 is 22.3 Å².